The molecule has 2 atom stereocenters. The molecule has 0 aromatic heterocycles. The lowest BCUT2D eigenvalue weighted by Crippen LogP contribution is -2.28. The summed E-state index contributed by atoms with van der Waals surface area (Å²) in [6.07, 6.45) is 6.91. The maximum atomic E-state index is 12.9. The molecule has 2 rings (SSSR count). The normalized spacial score (nSPS) is 17.1. The summed E-state index contributed by atoms with van der Waals surface area (Å²) in [6.45, 7) is 11.5. The van der Waals surface area contributed by atoms with Crippen LogP contribution in [0.5, 0.6) is 0 Å². The summed E-state index contributed by atoms with van der Waals surface area (Å²) in [6, 6.07) is 8.08. The second-order valence-electron chi connectivity index (χ2n) is 7.78. The van der Waals surface area contributed by atoms with Crippen molar-refractivity contribution in [2.75, 3.05) is 6.54 Å². The van der Waals surface area contributed by atoms with Crippen LogP contribution in [0.15, 0.2) is 64.6 Å². The van der Waals surface area contributed by atoms with Gasteiger partial charge in [0.2, 0.25) is 5.91 Å². The maximum absolute atomic E-state index is 12.9. The molecule has 0 heterocycles. The Morgan fingerprint density at radius 1 is 1.30 bits per heavy atom. The van der Waals surface area contributed by atoms with Crippen LogP contribution < -0.4 is 10.6 Å². The minimum absolute atomic E-state index is 0.124. The molecule has 0 spiro atoms. The van der Waals surface area contributed by atoms with Crippen molar-refractivity contribution < 1.29 is 9.00 Å². The number of carbonyl (C=O) groups excluding carboxylic acids is 1. The van der Waals surface area contributed by atoms with Crippen molar-refractivity contribution in [3.05, 3.63) is 65.3 Å². The van der Waals surface area contributed by atoms with Gasteiger partial charge in [0.25, 0.3) is 0 Å². The van der Waals surface area contributed by atoms with Gasteiger partial charge in [-0.3, -0.25) is 9.00 Å². The topological polar surface area (TPSA) is 82.1 Å². The molecule has 162 valence electrons. The third-order valence-electron chi connectivity index (χ3n) is 5.10. The van der Waals surface area contributed by atoms with E-state index in [1.807, 2.05) is 24.3 Å². The lowest BCUT2D eigenvalue weighted by molar-refractivity contribution is -0.117. The molecule has 0 aliphatic heterocycles. The Morgan fingerprint density at radius 2 is 2.00 bits per heavy atom. The molecular weight excluding hydrogens is 394 g/mol. The Morgan fingerprint density at radius 3 is 2.60 bits per heavy atom. The molecule has 1 aromatic rings. The highest BCUT2D eigenvalue weighted by atomic mass is 32.2. The molecule has 30 heavy (non-hydrogen) atoms. The standard InChI is InChI=1S/C24H33N3O2S/c1-5-22(11-13-26-17(2)3)30(29)23-8-6-19(7-9-23)16-27-24(28)21-14-18(4)20(15-21)10-12-25/h6-10,12,14,17,22,25-26H,4-5,11,13,15-16H2,1-3H3,(H,27,28)/b20-10-,25-12?. The van der Waals surface area contributed by atoms with E-state index in [4.69, 9.17) is 5.41 Å². The third-order valence-corrected chi connectivity index (χ3v) is 7.02. The zero-order chi connectivity index (χ0) is 22.1. The van der Waals surface area contributed by atoms with Crippen LogP contribution in [-0.4, -0.2) is 34.2 Å². The molecule has 5 nitrogen and oxygen atoms in total. The summed E-state index contributed by atoms with van der Waals surface area (Å²) in [5.41, 5.74) is 3.30. The van der Waals surface area contributed by atoms with Crippen LogP contribution in [0.25, 0.3) is 0 Å². The van der Waals surface area contributed by atoms with Crippen molar-refractivity contribution in [1.29, 1.82) is 5.41 Å². The second-order valence-corrected chi connectivity index (χ2v) is 9.51. The van der Waals surface area contributed by atoms with Crippen molar-refractivity contribution in [2.45, 2.75) is 62.8 Å². The van der Waals surface area contributed by atoms with E-state index in [1.54, 1.807) is 12.2 Å². The molecule has 0 fully saturated rings. The van der Waals surface area contributed by atoms with Gasteiger partial charge in [-0.25, -0.2) is 0 Å². The van der Waals surface area contributed by atoms with Gasteiger partial charge in [-0.15, -0.1) is 0 Å². The molecule has 1 aliphatic rings. The molecule has 1 amide bonds. The van der Waals surface area contributed by atoms with Gasteiger partial charge in [0.05, 0.1) is 10.8 Å². The first-order valence-electron chi connectivity index (χ1n) is 10.5. The van der Waals surface area contributed by atoms with Crippen LogP contribution in [0.3, 0.4) is 0 Å². The highest BCUT2D eigenvalue weighted by molar-refractivity contribution is 7.85. The van der Waals surface area contributed by atoms with Crippen LogP contribution in [0.1, 0.15) is 45.6 Å². The fourth-order valence-electron chi connectivity index (χ4n) is 3.31. The Labute approximate surface area is 182 Å². The minimum atomic E-state index is -1.04. The number of benzene rings is 1. The molecule has 3 N–H and O–H groups in total. The summed E-state index contributed by atoms with van der Waals surface area (Å²) >= 11 is 0. The lowest BCUT2D eigenvalue weighted by Gasteiger charge is -2.16. The summed E-state index contributed by atoms with van der Waals surface area (Å²) in [5, 5.41) is 13.6. The largest absolute Gasteiger partial charge is 0.348 e. The van der Waals surface area contributed by atoms with Crippen molar-refractivity contribution in [3.63, 3.8) is 0 Å². The van der Waals surface area contributed by atoms with Gasteiger partial charge in [0, 0.05) is 40.9 Å². The van der Waals surface area contributed by atoms with Gasteiger partial charge >= 0.3 is 0 Å². The molecule has 0 radical (unpaired) electrons. The molecular formula is C24H33N3O2S. The van der Waals surface area contributed by atoms with Gasteiger partial charge in [0.15, 0.2) is 0 Å². The molecule has 0 saturated heterocycles. The van der Waals surface area contributed by atoms with Crippen molar-refractivity contribution in [3.8, 4) is 0 Å². The lowest BCUT2D eigenvalue weighted by atomic mass is 10.1. The van der Waals surface area contributed by atoms with Crippen LogP contribution in [0.4, 0.5) is 0 Å². The quantitative estimate of drug-likeness (QED) is 0.466. The van der Waals surface area contributed by atoms with Crippen LogP contribution in [0.2, 0.25) is 0 Å². The minimum Gasteiger partial charge on any atom is -0.348 e. The second kappa shape index (κ2) is 11.8. The number of hydrogen-bond acceptors (Lipinski definition) is 4. The highest BCUT2D eigenvalue weighted by Crippen LogP contribution is 2.28. The average Bonchev–Trinajstić information content (AvgIpc) is 3.10. The molecule has 2 unspecified atom stereocenters. The van der Waals surface area contributed by atoms with Crippen molar-refractivity contribution in [2.24, 2.45) is 0 Å². The first-order valence-corrected chi connectivity index (χ1v) is 11.7. The first kappa shape index (κ1) is 24.0. The number of hydrogen-bond donors (Lipinski definition) is 3. The van der Waals surface area contributed by atoms with E-state index >= 15 is 0 Å². The van der Waals surface area contributed by atoms with Crippen LogP contribution in [0, 0.1) is 5.41 Å². The van der Waals surface area contributed by atoms with E-state index in [0.717, 1.165) is 41.0 Å². The predicted octanol–water partition coefficient (Wildman–Crippen LogP) is 4.04. The van der Waals surface area contributed by atoms with E-state index in [9.17, 15) is 9.00 Å². The summed E-state index contributed by atoms with van der Waals surface area (Å²) in [4.78, 5) is 13.2. The maximum Gasteiger partial charge on any atom is 0.247 e. The summed E-state index contributed by atoms with van der Waals surface area (Å²) in [7, 11) is -1.04. The summed E-state index contributed by atoms with van der Waals surface area (Å²) < 4.78 is 12.9. The number of rotatable bonds is 11. The number of carbonyl (C=O) groups is 1. The Hall–Kier alpha value is -2.31. The fourth-order valence-corrected chi connectivity index (χ4v) is 4.73. The van der Waals surface area contributed by atoms with Crippen molar-refractivity contribution >= 4 is 22.9 Å². The van der Waals surface area contributed by atoms with E-state index in [1.165, 1.54) is 6.21 Å². The van der Waals surface area contributed by atoms with Gasteiger partial charge in [-0.1, -0.05) is 39.5 Å². The predicted molar refractivity (Wildman–Crippen MR) is 125 cm³/mol. The monoisotopic (exact) mass is 427 g/mol. The zero-order valence-electron chi connectivity index (χ0n) is 18.2. The van der Waals surface area contributed by atoms with E-state index in [-0.39, 0.29) is 11.2 Å². The van der Waals surface area contributed by atoms with Gasteiger partial charge in [0.1, 0.15) is 0 Å². The van der Waals surface area contributed by atoms with Crippen LogP contribution in [-0.2, 0) is 22.1 Å². The summed E-state index contributed by atoms with van der Waals surface area (Å²) in [5.74, 6) is -0.124. The van der Waals surface area contributed by atoms with E-state index < -0.39 is 10.8 Å². The van der Waals surface area contributed by atoms with Crippen LogP contribution >= 0.6 is 0 Å². The van der Waals surface area contributed by atoms with E-state index in [2.05, 4.69) is 38.0 Å². The fraction of sp³-hybridized carbons (Fsp3) is 0.417. The molecule has 0 saturated carbocycles. The van der Waals surface area contributed by atoms with Gasteiger partial charge in [-0.05, 0) is 60.4 Å². The first-order chi connectivity index (χ1) is 14.3. The Kier molecular flexibility index (Phi) is 9.40. The van der Waals surface area contributed by atoms with Crippen molar-refractivity contribution in [1.82, 2.24) is 10.6 Å². The molecule has 1 aliphatic carbocycles. The molecule has 0 bridgehead atoms. The zero-order valence-corrected chi connectivity index (χ0v) is 19.0. The number of allylic oxidation sites excluding steroid dienone is 4. The third kappa shape index (κ3) is 6.89. The number of nitrogens with one attached hydrogen (secondary N) is 3. The molecule has 6 heteroatoms. The number of amides is 1. The SMILES string of the molecule is C=C1C=C(C(=O)NCc2ccc(S(=O)C(CC)CCNC(C)C)cc2)C/C1=C/C=N. The average molecular weight is 428 g/mol. The Bertz CT molecular complexity index is 854. The van der Waals surface area contributed by atoms with Gasteiger partial charge in [-0.2, -0.15) is 0 Å². The van der Waals surface area contributed by atoms with Gasteiger partial charge < -0.3 is 16.0 Å². The molecule has 1 aromatic carbocycles. The highest BCUT2D eigenvalue weighted by Gasteiger charge is 2.19. The smallest absolute Gasteiger partial charge is 0.247 e. The van der Waals surface area contributed by atoms with E-state index in [0.29, 0.717) is 24.6 Å². The Balaban J connectivity index is 1.89.